The van der Waals surface area contributed by atoms with Crippen molar-refractivity contribution in [2.24, 2.45) is 0 Å². The second-order valence-corrected chi connectivity index (χ2v) is 17.3. The predicted octanol–water partition coefficient (Wildman–Crippen LogP) is 4.15. The average Bonchev–Trinajstić information content (AvgIpc) is 3.50. The number of nitrogens with one attached hydrogen (secondary N) is 3. The molecule has 3 amide bonds. The summed E-state index contributed by atoms with van der Waals surface area (Å²) < 4.78 is 30.2. The molecule has 1 aromatic heterocycles. The number of aromatic nitrogens is 1. The van der Waals surface area contributed by atoms with Crippen molar-refractivity contribution >= 4 is 35.5 Å². The molecule has 2 rings (SSSR count). The zero-order valence-electron chi connectivity index (χ0n) is 33.3. The summed E-state index contributed by atoms with van der Waals surface area (Å²) >= 11 is 1.25. The van der Waals surface area contributed by atoms with Gasteiger partial charge in [-0.25, -0.2) is 0 Å². The minimum Gasteiger partial charge on any atom is -0.494 e. The molecule has 0 radical (unpaired) electrons. The van der Waals surface area contributed by atoms with E-state index in [9.17, 15) is 29.4 Å². The van der Waals surface area contributed by atoms with Crippen LogP contribution in [0.15, 0.2) is 11.0 Å². The van der Waals surface area contributed by atoms with Gasteiger partial charge in [-0.2, -0.15) is 0 Å². The molecule has 0 saturated carbocycles. The molecule has 1 saturated heterocycles. The first-order chi connectivity index (χ1) is 24.5. The van der Waals surface area contributed by atoms with Crippen LogP contribution in [0.3, 0.4) is 0 Å². The van der Waals surface area contributed by atoms with Gasteiger partial charge in [-0.1, -0.05) is 0 Å². The van der Waals surface area contributed by atoms with Gasteiger partial charge in [0.15, 0.2) is 12.2 Å². The zero-order chi connectivity index (χ0) is 40.0. The SMILES string of the molecule is CNC(=O)CC(C)(C)OCCC(C)(C)NC(=O)CCn1c(O)cc(SCCNC(=O)CCCC(=O)OCC(OC2COC(C)(C)C2)OC(C)(C)C)c1O. The number of carbonyl (C=O) groups excluding carboxylic acids is 4. The van der Waals surface area contributed by atoms with Gasteiger partial charge in [0.2, 0.25) is 23.6 Å². The Morgan fingerprint density at radius 2 is 1.74 bits per heavy atom. The molecule has 5 N–H and O–H groups in total. The summed E-state index contributed by atoms with van der Waals surface area (Å²) in [5.41, 5.74) is -2.01. The number of rotatable bonds is 23. The molecule has 53 heavy (non-hydrogen) atoms. The largest absolute Gasteiger partial charge is 0.494 e. The fourth-order valence-corrected chi connectivity index (χ4v) is 6.35. The molecule has 0 aliphatic carbocycles. The van der Waals surface area contributed by atoms with E-state index in [2.05, 4.69) is 16.0 Å². The van der Waals surface area contributed by atoms with Crippen LogP contribution in [0.1, 0.15) is 107 Å². The van der Waals surface area contributed by atoms with Crippen molar-refractivity contribution in [3.8, 4) is 11.8 Å². The fraction of sp³-hybridized carbons (Fsp3) is 0.784. The highest BCUT2D eigenvalue weighted by Gasteiger charge is 2.35. The molecule has 2 atom stereocenters. The van der Waals surface area contributed by atoms with Gasteiger partial charge in [-0.3, -0.25) is 23.7 Å². The van der Waals surface area contributed by atoms with E-state index in [1.807, 2.05) is 62.3 Å². The lowest BCUT2D eigenvalue weighted by Crippen LogP contribution is -2.45. The van der Waals surface area contributed by atoms with E-state index in [0.29, 0.717) is 49.7 Å². The molecular weight excluding hydrogens is 708 g/mol. The second kappa shape index (κ2) is 20.6. The minimum absolute atomic E-state index is 0.0173. The van der Waals surface area contributed by atoms with Crippen LogP contribution >= 0.6 is 11.8 Å². The number of hydrogen-bond acceptors (Lipinski definition) is 12. The summed E-state index contributed by atoms with van der Waals surface area (Å²) in [5, 5.41) is 29.4. The topological polar surface area (TPSA) is 196 Å². The number of esters is 1. The van der Waals surface area contributed by atoms with Gasteiger partial charge in [0.05, 0.1) is 40.8 Å². The quantitative estimate of drug-likeness (QED) is 0.0462. The molecule has 1 fully saturated rings. The maximum atomic E-state index is 12.7. The third kappa shape index (κ3) is 18.7. The van der Waals surface area contributed by atoms with Crippen LogP contribution in [0.2, 0.25) is 0 Å². The van der Waals surface area contributed by atoms with Crippen molar-refractivity contribution in [3.05, 3.63) is 6.07 Å². The average molecular weight is 773 g/mol. The molecule has 15 nitrogen and oxygen atoms in total. The van der Waals surface area contributed by atoms with Crippen LogP contribution < -0.4 is 16.0 Å². The number of ether oxygens (including phenoxy) is 5. The first-order valence-electron chi connectivity index (χ1n) is 18.3. The number of nitrogens with zero attached hydrogens (tertiary/aromatic N) is 1. The highest BCUT2D eigenvalue weighted by atomic mass is 32.2. The molecule has 0 spiro atoms. The van der Waals surface area contributed by atoms with Gasteiger partial charge in [0, 0.05) is 69.8 Å². The fourth-order valence-electron chi connectivity index (χ4n) is 5.50. The summed E-state index contributed by atoms with van der Waals surface area (Å²) in [7, 11) is 1.58. The van der Waals surface area contributed by atoms with Crippen LogP contribution in [0, 0.1) is 0 Å². The maximum Gasteiger partial charge on any atom is 0.305 e. The van der Waals surface area contributed by atoms with Gasteiger partial charge < -0.3 is 49.8 Å². The highest BCUT2D eigenvalue weighted by molar-refractivity contribution is 7.99. The van der Waals surface area contributed by atoms with E-state index in [1.54, 1.807) is 7.05 Å². The predicted molar refractivity (Wildman–Crippen MR) is 201 cm³/mol. The first kappa shape index (κ1) is 46.1. The molecule has 16 heteroatoms. The highest BCUT2D eigenvalue weighted by Crippen LogP contribution is 2.35. The molecule has 1 aromatic rings. The Bertz CT molecular complexity index is 1360. The Morgan fingerprint density at radius 1 is 1.04 bits per heavy atom. The molecule has 2 heterocycles. The Labute approximate surface area is 318 Å². The Balaban J connectivity index is 1.67. The van der Waals surface area contributed by atoms with Crippen LogP contribution in [0.25, 0.3) is 0 Å². The van der Waals surface area contributed by atoms with Crippen LogP contribution in [0.5, 0.6) is 11.8 Å². The number of aromatic hydroxyl groups is 2. The maximum absolute atomic E-state index is 12.7. The zero-order valence-corrected chi connectivity index (χ0v) is 34.2. The van der Waals surface area contributed by atoms with E-state index < -0.39 is 29.0 Å². The molecule has 1 aliphatic rings. The van der Waals surface area contributed by atoms with E-state index in [0.717, 1.165) is 0 Å². The lowest BCUT2D eigenvalue weighted by Gasteiger charge is -2.30. The van der Waals surface area contributed by atoms with E-state index in [-0.39, 0.29) is 80.0 Å². The normalized spacial score (nSPS) is 16.6. The Kier molecular flexibility index (Phi) is 17.9. The van der Waals surface area contributed by atoms with Crippen molar-refractivity contribution in [1.29, 1.82) is 0 Å². The van der Waals surface area contributed by atoms with Crippen molar-refractivity contribution in [3.63, 3.8) is 0 Å². The Hall–Kier alpha value is -3.05. The van der Waals surface area contributed by atoms with Gasteiger partial charge >= 0.3 is 5.97 Å². The summed E-state index contributed by atoms with van der Waals surface area (Å²) in [6.07, 6.45) is 1.06. The minimum atomic E-state index is -0.740. The number of carbonyl (C=O) groups is 4. The standard InChI is InChI=1S/C37H64N4O11S/c1-34(2,3)52-32(51-25-21-36(6,7)50-23-25)24-48-31(46)13-11-12-27(42)39-16-19-53-26-20-30(45)41(33(26)47)17-14-28(43)40-35(4,5)15-18-49-37(8,9)22-29(44)38-10/h20,25,32,45,47H,11-19,21-24H2,1-10H3,(H,38,44)(H,39,42)(H,40,43). The molecular formula is C37H64N4O11S. The lowest BCUT2D eigenvalue weighted by atomic mass is 10.00. The van der Waals surface area contributed by atoms with Crippen LogP contribution in [0.4, 0.5) is 0 Å². The van der Waals surface area contributed by atoms with Gasteiger partial charge in [-0.15, -0.1) is 11.8 Å². The molecule has 0 aromatic carbocycles. The van der Waals surface area contributed by atoms with Gasteiger partial charge in [0.25, 0.3) is 0 Å². The van der Waals surface area contributed by atoms with Gasteiger partial charge in [-0.05, 0) is 75.2 Å². The Morgan fingerprint density at radius 3 is 2.36 bits per heavy atom. The molecule has 304 valence electrons. The monoisotopic (exact) mass is 772 g/mol. The molecule has 2 unspecified atom stereocenters. The summed E-state index contributed by atoms with van der Waals surface area (Å²) in [6, 6.07) is 1.41. The summed E-state index contributed by atoms with van der Waals surface area (Å²) in [4.78, 5) is 49.5. The third-order valence-electron chi connectivity index (χ3n) is 8.19. The first-order valence-corrected chi connectivity index (χ1v) is 19.3. The lowest BCUT2D eigenvalue weighted by molar-refractivity contribution is -0.233. The van der Waals surface area contributed by atoms with Gasteiger partial charge in [0.1, 0.15) is 6.61 Å². The van der Waals surface area contributed by atoms with E-state index in [4.69, 9.17) is 23.7 Å². The number of amides is 3. The second-order valence-electron chi connectivity index (χ2n) is 16.2. The molecule has 1 aliphatic heterocycles. The molecule has 0 bridgehead atoms. The van der Waals surface area contributed by atoms with Crippen LogP contribution in [-0.4, -0.2) is 112 Å². The number of hydrogen-bond donors (Lipinski definition) is 5. The third-order valence-corrected chi connectivity index (χ3v) is 9.21. The van der Waals surface area contributed by atoms with Crippen molar-refractivity contribution in [2.75, 3.05) is 39.2 Å². The van der Waals surface area contributed by atoms with E-state index in [1.165, 1.54) is 22.4 Å². The van der Waals surface area contributed by atoms with Crippen molar-refractivity contribution in [1.82, 2.24) is 20.5 Å². The van der Waals surface area contributed by atoms with Crippen molar-refractivity contribution < 1.29 is 53.1 Å². The summed E-state index contributed by atoms with van der Waals surface area (Å²) in [5.74, 6) is -0.985. The summed E-state index contributed by atoms with van der Waals surface area (Å²) in [6.45, 7) is 18.2. The van der Waals surface area contributed by atoms with Crippen molar-refractivity contribution in [2.45, 2.75) is 153 Å². The smallest absolute Gasteiger partial charge is 0.305 e. The van der Waals surface area contributed by atoms with Crippen LogP contribution in [-0.2, 0) is 49.4 Å². The number of thioether (sulfide) groups is 1. The van der Waals surface area contributed by atoms with E-state index >= 15 is 0 Å².